The third-order valence-electron chi connectivity index (χ3n) is 3.51. The van der Waals surface area contributed by atoms with Crippen molar-refractivity contribution in [2.45, 2.75) is 25.2 Å². The van der Waals surface area contributed by atoms with Crippen LogP contribution >= 0.6 is 0 Å². The highest BCUT2D eigenvalue weighted by Gasteiger charge is 2.31. The summed E-state index contributed by atoms with van der Waals surface area (Å²) < 4.78 is 31.9. The molecule has 0 aromatic heterocycles. The molecular weight excluding hydrogens is 262 g/mol. The van der Waals surface area contributed by atoms with Crippen molar-refractivity contribution >= 4 is 10.0 Å². The SMILES string of the molecule is COc1cccc(S(=O)(=O)N2C[C@@H](C)C[C@H](C)C2)c1. The Morgan fingerprint density at radius 2 is 1.84 bits per heavy atom. The minimum atomic E-state index is -3.41. The Bertz CT molecular complexity index is 531. The molecule has 0 amide bonds. The van der Waals surface area contributed by atoms with Crippen molar-refractivity contribution < 1.29 is 13.2 Å². The van der Waals surface area contributed by atoms with Crippen LogP contribution in [-0.4, -0.2) is 32.9 Å². The van der Waals surface area contributed by atoms with Crippen LogP contribution in [0.2, 0.25) is 0 Å². The highest BCUT2D eigenvalue weighted by molar-refractivity contribution is 7.89. The molecule has 2 rings (SSSR count). The summed E-state index contributed by atoms with van der Waals surface area (Å²) in [5.74, 6) is 1.38. The molecule has 0 bridgehead atoms. The second kappa shape index (κ2) is 5.51. The maximum absolute atomic E-state index is 12.6. The third kappa shape index (κ3) is 3.09. The lowest BCUT2D eigenvalue weighted by molar-refractivity contribution is 0.222. The van der Waals surface area contributed by atoms with E-state index >= 15 is 0 Å². The highest BCUT2D eigenvalue weighted by atomic mass is 32.2. The maximum Gasteiger partial charge on any atom is 0.243 e. The van der Waals surface area contributed by atoms with Gasteiger partial charge in [0, 0.05) is 19.2 Å². The molecule has 0 N–H and O–H groups in total. The van der Waals surface area contributed by atoms with E-state index in [2.05, 4.69) is 13.8 Å². The number of hydrogen-bond acceptors (Lipinski definition) is 3. The van der Waals surface area contributed by atoms with E-state index in [1.165, 1.54) is 7.11 Å². The van der Waals surface area contributed by atoms with Crippen LogP contribution in [0.3, 0.4) is 0 Å². The number of methoxy groups -OCH3 is 1. The molecule has 0 unspecified atom stereocenters. The van der Waals surface area contributed by atoms with E-state index < -0.39 is 10.0 Å². The first-order valence-corrected chi connectivity index (χ1v) is 8.01. The number of sulfonamides is 1. The lowest BCUT2D eigenvalue weighted by Crippen LogP contribution is -2.42. The van der Waals surface area contributed by atoms with E-state index in [-0.39, 0.29) is 0 Å². The van der Waals surface area contributed by atoms with E-state index in [1.54, 1.807) is 28.6 Å². The van der Waals surface area contributed by atoms with Gasteiger partial charge in [0.1, 0.15) is 5.75 Å². The predicted molar refractivity (Wildman–Crippen MR) is 74.7 cm³/mol. The van der Waals surface area contributed by atoms with Crippen molar-refractivity contribution in [2.75, 3.05) is 20.2 Å². The molecule has 1 saturated heterocycles. The molecule has 19 heavy (non-hydrogen) atoms. The molecule has 1 aliphatic heterocycles. The number of nitrogens with zero attached hydrogens (tertiary/aromatic N) is 1. The molecule has 0 saturated carbocycles. The van der Waals surface area contributed by atoms with Gasteiger partial charge in [-0.25, -0.2) is 8.42 Å². The van der Waals surface area contributed by atoms with E-state index in [1.807, 2.05) is 0 Å². The molecule has 0 aliphatic carbocycles. The zero-order chi connectivity index (χ0) is 14.0. The molecule has 1 fully saturated rings. The lowest BCUT2D eigenvalue weighted by Gasteiger charge is -2.34. The van der Waals surface area contributed by atoms with Crippen molar-refractivity contribution in [3.63, 3.8) is 0 Å². The summed E-state index contributed by atoms with van der Waals surface area (Å²) in [4.78, 5) is 0.313. The summed E-state index contributed by atoms with van der Waals surface area (Å²) in [7, 11) is -1.87. The minimum Gasteiger partial charge on any atom is -0.497 e. The summed E-state index contributed by atoms with van der Waals surface area (Å²) in [6.45, 7) is 5.40. The molecule has 1 aromatic carbocycles. The Hall–Kier alpha value is -1.07. The van der Waals surface area contributed by atoms with Gasteiger partial charge in [-0.1, -0.05) is 19.9 Å². The normalized spacial score (nSPS) is 25.2. The van der Waals surface area contributed by atoms with Crippen LogP contribution in [0.15, 0.2) is 29.2 Å². The zero-order valence-corrected chi connectivity index (χ0v) is 12.5. The van der Waals surface area contributed by atoms with Crippen LogP contribution in [0.1, 0.15) is 20.3 Å². The standard InChI is InChI=1S/C14H21NO3S/c1-11-7-12(2)10-15(9-11)19(16,17)14-6-4-5-13(8-14)18-3/h4-6,8,11-12H,7,9-10H2,1-3H3/t11-,12-/m0/s1. The van der Waals surface area contributed by atoms with Gasteiger partial charge in [0.25, 0.3) is 0 Å². The Balaban J connectivity index is 2.30. The smallest absolute Gasteiger partial charge is 0.243 e. The summed E-state index contributed by atoms with van der Waals surface area (Å²) in [6, 6.07) is 6.67. The Kier molecular flexibility index (Phi) is 4.16. The summed E-state index contributed by atoms with van der Waals surface area (Å²) in [5, 5.41) is 0. The van der Waals surface area contributed by atoms with E-state index in [0.717, 1.165) is 6.42 Å². The molecule has 1 aliphatic rings. The Morgan fingerprint density at radius 3 is 2.42 bits per heavy atom. The highest BCUT2D eigenvalue weighted by Crippen LogP contribution is 2.27. The Morgan fingerprint density at radius 1 is 1.21 bits per heavy atom. The van der Waals surface area contributed by atoms with Crippen molar-refractivity contribution in [3.05, 3.63) is 24.3 Å². The molecule has 1 aromatic rings. The summed E-state index contributed by atoms with van der Waals surface area (Å²) in [5.41, 5.74) is 0. The average Bonchev–Trinajstić information content (AvgIpc) is 2.37. The number of ether oxygens (including phenoxy) is 1. The van der Waals surface area contributed by atoms with Crippen LogP contribution in [0.5, 0.6) is 5.75 Å². The molecule has 106 valence electrons. The van der Waals surface area contributed by atoms with Crippen LogP contribution in [-0.2, 0) is 10.0 Å². The maximum atomic E-state index is 12.6. The summed E-state index contributed by atoms with van der Waals surface area (Å²) in [6.07, 6.45) is 1.09. The van der Waals surface area contributed by atoms with E-state index in [0.29, 0.717) is 35.6 Å². The van der Waals surface area contributed by atoms with Crippen LogP contribution < -0.4 is 4.74 Å². The molecule has 0 spiro atoms. The second-order valence-electron chi connectivity index (χ2n) is 5.45. The summed E-state index contributed by atoms with van der Waals surface area (Å²) >= 11 is 0. The van der Waals surface area contributed by atoms with E-state index in [9.17, 15) is 8.42 Å². The number of piperidine rings is 1. The average molecular weight is 283 g/mol. The molecule has 2 atom stereocenters. The third-order valence-corrected chi connectivity index (χ3v) is 5.34. The molecule has 4 nitrogen and oxygen atoms in total. The van der Waals surface area contributed by atoms with Crippen LogP contribution in [0.4, 0.5) is 0 Å². The quantitative estimate of drug-likeness (QED) is 0.855. The van der Waals surface area contributed by atoms with Gasteiger partial charge in [-0.05, 0) is 30.4 Å². The number of benzene rings is 1. The minimum absolute atomic E-state index is 0.313. The molecule has 1 heterocycles. The fourth-order valence-electron chi connectivity index (χ4n) is 2.71. The first-order valence-electron chi connectivity index (χ1n) is 6.57. The van der Waals surface area contributed by atoms with Gasteiger partial charge in [0.2, 0.25) is 10.0 Å². The lowest BCUT2D eigenvalue weighted by atomic mass is 9.94. The van der Waals surface area contributed by atoms with E-state index in [4.69, 9.17) is 4.74 Å². The number of hydrogen-bond donors (Lipinski definition) is 0. The van der Waals surface area contributed by atoms with Gasteiger partial charge in [0.15, 0.2) is 0 Å². The topological polar surface area (TPSA) is 46.6 Å². The van der Waals surface area contributed by atoms with Gasteiger partial charge >= 0.3 is 0 Å². The van der Waals surface area contributed by atoms with Gasteiger partial charge < -0.3 is 4.74 Å². The van der Waals surface area contributed by atoms with Gasteiger partial charge in [0.05, 0.1) is 12.0 Å². The van der Waals surface area contributed by atoms with Gasteiger partial charge in [-0.3, -0.25) is 0 Å². The van der Waals surface area contributed by atoms with Crippen LogP contribution in [0.25, 0.3) is 0 Å². The van der Waals surface area contributed by atoms with Crippen molar-refractivity contribution in [2.24, 2.45) is 11.8 Å². The first-order chi connectivity index (χ1) is 8.93. The largest absolute Gasteiger partial charge is 0.497 e. The van der Waals surface area contributed by atoms with Crippen molar-refractivity contribution in [3.8, 4) is 5.75 Å². The zero-order valence-electron chi connectivity index (χ0n) is 11.7. The van der Waals surface area contributed by atoms with Gasteiger partial charge in [-0.2, -0.15) is 4.31 Å². The second-order valence-corrected chi connectivity index (χ2v) is 7.38. The van der Waals surface area contributed by atoms with Crippen molar-refractivity contribution in [1.82, 2.24) is 4.31 Å². The molecular formula is C14H21NO3S. The monoisotopic (exact) mass is 283 g/mol. The van der Waals surface area contributed by atoms with Crippen LogP contribution in [0, 0.1) is 11.8 Å². The number of rotatable bonds is 3. The fraction of sp³-hybridized carbons (Fsp3) is 0.571. The fourth-order valence-corrected chi connectivity index (χ4v) is 4.43. The van der Waals surface area contributed by atoms with Crippen molar-refractivity contribution in [1.29, 1.82) is 0 Å². The Labute approximate surface area is 115 Å². The first kappa shape index (κ1) is 14.3. The van der Waals surface area contributed by atoms with Gasteiger partial charge in [-0.15, -0.1) is 0 Å². The predicted octanol–water partition coefficient (Wildman–Crippen LogP) is 2.36. The molecule has 5 heteroatoms. The molecule has 0 radical (unpaired) electrons.